The summed E-state index contributed by atoms with van der Waals surface area (Å²) in [5.74, 6) is -0.0501. The highest BCUT2D eigenvalue weighted by Gasteiger charge is 2.38. The first-order valence-electron chi connectivity index (χ1n) is 9.05. The molecule has 0 atom stereocenters. The molecule has 1 N–H and O–H groups in total. The molecule has 0 aliphatic carbocycles. The number of benzene rings is 2. The van der Waals surface area contributed by atoms with Crippen LogP contribution in [0.15, 0.2) is 60.3 Å². The van der Waals surface area contributed by atoms with E-state index in [0.29, 0.717) is 23.7 Å². The molecule has 0 unspecified atom stereocenters. The van der Waals surface area contributed by atoms with Gasteiger partial charge in [0.2, 0.25) is 0 Å². The van der Waals surface area contributed by atoms with Gasteiger partial charge in [0.1, 0.15) is 5.70 Å². The van der Waals surface area contributed by atoms with Crippen LogP contribution in [0.1, 0.15) is 44.2 Å². The molecular weight excluding hydrogens is 324 g/mol. The van der Waals surface area contributed by atoms with Crippen molar-refractivity contribution >= 4 is 23.1 Å². The van der Waals surface area contributed by atoms with Gasteiger partial charge < -0.3 is 5.32 Å². The summed E-state index contributed by atoms with van der Waals surface area (Å²) < 4.78 is 0. The Balaban J connectivity index is 1.99. The minimum absolute atomic E-state index is 0.232. The van der Waals surface area contributed by atoms with E-state index in [9.17, 15) is 9.59 Å². The van der Waals surface area contributed by atoms with Crippen LogP contribution in [-0.2, 0) is 9.59 Å². The third-order valence-corrected chi connectivity index (χ3v) is 4.52. The highest BCUT2D eigenvalue weighted by atomic mass is 16.2. The number of rotatable bonds is 6. The number of carbonyl (C=O) groups is 2. The van der Waals surface area contributed by atoms with Gasteiger partial charge in [0.05, 0.1) is 5.57 Å². The minimum atomic E-state index is -0.261. The van der Waals surface area contributed by atoms with E-state index >= 15 is 0 Å². The lowest BCUT2D eigenvalue weighted by Gasteiger charge is -2.14. The Morgan fingerprint density at radius 2 is 1.58 bits per heavy atom. The normalized spacial score (nSPS) is 14.5. The van der Waals surface area contributed by atoms with Gasteiger partial charge in [-0.3, -0.25) is 14.5 Å². The average molecular weight is 348 g/mol. The molecule has 4 nitrogen and oxygen atoms in total. The van der Waals surface area contributed by atoms with Crippen LogP contribution in [0.3, 0.4) is 0 Å². The fourth-order valence-corrected chi connectivity index (χ4v) is 3.09. The topological polar surface area (TPSA) is 49.4 Å². The molecule has 1 aliphatic rings. The molecule has 4 heteroatoms. The van der Waals surface area contributed by atoms with Crippen LogP contribution in [0.25, 0.3) is 5.57 Å². The molecule has 0 bridgehead atoms. The van der Waals surface area contributed by atoms with Crippen LogP contribution in [0.5, 0.6) is 0 Å². The zero-order valence-corrected chi connectivity index (χ0v) is 15.5. The number of hydrogen-bond donors (Lipinski definition) is 1. The summed E-state index contributed by atoms with van der Waals surface area (Å²) in [7, 11) is 0. The minimum Gasteiger partial charge on any atom is -0.350 e. The standard InChI is InChI=1S/C22H24N2O2/c1-4-14-24-21(25)19(17-8-6-5-7-9-17)20(22(24)26)23-18-12-10-16(11-13-18)15(2)3/h5-13,15,23H,4,14H2,1-3H3. The van der Waals surface area contributed by atoms with Gasteiger partial charge >= 0.3 is 0 Å². The Morgan fingerprint density at radius 1 is 0.923 bits per heavy atom. The van der Waals surface area contributed by atoms with E-state index in [-0.39, 0.29) is 11.8 Å². The van der Waals surface area contributed by atoms with Crippen molar-refractivity contribution in [2.75, 3.05) is 11.9 Å². The first-order valence-corrected chi connectivity index (χ1v) is 9.05. The van der Waals surface area contributed by atoms with Crippen LogP contribution < -0.4 is 5.32 Å². The Labute approximate surface area is 154 Å². The van der Waals surface area contributed by atoms with Crippen molar-refractivity contribution in [3.63, 3.8) is 0 Å². The molecule has 26 heavy (non-hydrogen) atoms. The lowest BCUT2D eigenvalue weighted by atomic mass is 10.0. The smallest absolute Gasteiger partial charge is 0.278 e. The number of amides is 2. The summed E-state index contributed by atoms with van der Waals surface area (Å²) in [5, 5.41) is 3.19. The summed E-state index contributed by atoms with van der Waals surface area (Å²) in [4.78, 5) is 27.0. The predicted molar refractivity (Wildman–Crippen MR) is 105 cm³/mol. The van der Waals surface area contributed by atoms with Crippen molar-refractivity contribution in [1.82, 2.24) is 4.90 Å². The molecule has 134 valence electrons. The second kappa shape index (κ2) is 7.56. The average Bonchev–Trinajstić information content (AvgIpc) is 2.87. The Bertz CT molecular complexity index is 836. The van der Waals surface area contributed by atoms with Gasteiger partial charge in [-0.2, -0.15) is 0 Å². The summed E-state index contributed by atoms with van der Waals surface area (Å²) >= 11 is 0. The molecule has 0 fully saturated rings. The number of hydrogen-bond acceptors (Lipinski definition) is 3. The fraction of sp³-hybridized carbons (Fsp3) is 0.273. The van der Waals surface area contributed by atoms with E-state index in [0.717, 1.165) is 17.7 Å². The van der Waals surface area contributed by atoms with E-state index in [1.807, 2.05) is 61.5 Å². The molecule has 2 aromatic rings. The molecular formula is C22H24N2O2. The SMILES string of the molecule is CCCN1C(=O)C(Nc2ccc(C(C)C)cc2)=C(c2ccccc2)C1=O. The van der Waals surface area contributed by atoms with Crippen LogP contribution in [-0.4, -0.2) is 23.3 Å². The van der Waals surface area contributed by atoms with E-state index in [1.165, 1.54) is 10.5 Å². The quantitative estimate of drug-likeness (QED) is 0.787. The lowest BCUT2D eigenvalue weighted by molar-refractivity contribution is -0.136. The molecule has 0 saturated heterocycles. The molecule has 0 aromatic heterocycles. The van der Waals surface area contributed by atoms with Crippen molar-refractivity contribution in [2.24, 2.45) is 0 Å². The second-order valence-corrected chi connectivity index (χ2v) is 6.78. The van der Waals surface area contributed by atoms with E-state index in [2.05, 4.69) is 19.2 Å². The lowest BCUT2D eigenvalue weighted by Crippen LogP contribution is -2.33. The zero-order chi connectivity index (χ0) is 18.7. The van der Waals surface area contributed by atoms with Gasteiger partial charge in [-0.1, -0.05) is 63.2 Å². The van der Waals surface area contributed by atoms with E-state index < -0.39 is 0 Å². The monoisotopic (exact) mass is 348 g/mol. The van der Waals surface area contributed by atoms with Gasteiger partial charge in [0.25, 0.3) is 11.8 Å². The highest BCUT2D eigenvalue weighted by molar-refractivity contribution is 6.36. The third kappa shape index (κ3) is 3.40. The maximum atomic E-state index is 12.9. The number of nitrogens with zero attached hydrogens (tertiary/aromatic N) is 1. The van der Waals surface area contributed by atoms with Gasteiger partial charge in [0, 0.05) is 12.2 Å². The molecule has 3 rings (SSSR count). The summed E-state index contributed by atoms with van der Waals surface area (Å²) in [6, 6.07) is 17.3. The van der Waals surface area contributed by atoms with Crippen LogP contribution >= 0.6 is 0 Å². The van der Waals surface area contributed by atoms with Crippen molar-refractivity contribution in [2.45, 2.75) is 33.1 Å². The van der Waals surface area contributed by atoms with Gasteiger partial charge in [-0.05, 0) is 35.6 Å². The van der Waals surface area contributed by atoms with Gasteiger partial charge in [-0.15, -0.1) is 0 Å². The van der Waals surface area contributed by atoms with Gasteiger partial charge in [0.15, 0.2) is 0 Å². The Hall–Kier alpha value is -2.88. The number of anilines is 1. The predicted octanol–water partition coefficient (Wildman–Crippen LogP) is 4.41. The van der Waals surface area contributed by atoms with E-state index in [1.54, 1.807) is 0 Å². The largest absolute Gasteiger partial charge is 0.350 e. The third-order valence-electron chi connectivity index (χ3n) is 4.52. The van der Waals surface area contributed by atoms with Crippen LogP contribution in [0.2, 0.25) is 0 Å². The molecule has 1 heterocycles. The first-order chi connectivity index (χ1) is 12.5. The number of nitrogens with one attached hydrogen (secondary N) is 1. The maximum Gasteiger partial charge on any atom is 0.278 e. The Morgan fingerprint density at radius 3 is 2.15 bits per heavy atom. The second-order valence-electron chi connectivity index (χ2n) is 6.78. The highest BCUT2D eigenvalue weighted by Crippen LogP contribution is 2.30. The maximum absolute atomic E-state index is 12.9. The van der Waals surface area contributed by atoms with E-state index in [4.69, 9.17) is 0 Å². The van der Waals surface area contributed by atoms with Gasteiger partial charge in [-0.25, -0.2) is 0 Å². The molecule has 0 spiro atoms. The zero-order valence-electron chi connectivity index (χ0n) is 15.5. The fourth-order valence-electron chi connectivity index (χ4n) is 3.09. The van der Waals surface area contributed by atoms with Crippen molar-refractivity contribution < 1.29 is 9.59 Å². The molecule has 2 aromatic carbocycles. The Kier molecular flexibility index (Phi) is 5.21. The van der Waals surface area contributed by atoms with Crippen LogP contribution in [0, 0.1) is 0 Å². The van der Waals surface area contributed by atoms with Crippen molar-refractivity contribution in [1.29, 1.82) is 0 Å². The first kappa shape index (κ1) is 17.9. The van der Waals surface area contributed by atoms with Crippen LogP contribution in [0.4, 0.5) is 5.69 Å². The summed E-state index contributed by atoms with van der Waals surface area (Å²) in [6.45, 7) is 6.66. The molecule has 0 saturated carbocycles. The number of imide groups is 1. The molecule has 0 radical (unpaired) electrons. The summed E-state index contributed by atoms with van der Waals surface area (Å²) in [5.41, 5.74) is 3.58. The summed E-state index contributed by atoms with van der Waals surface area (Å²) in [6.07, 6.45) is 0.732. The van der Waals surface area contributed by atoms with Crippen molar-refractivity contribution in [3.05, 3.63) is 71.4 Å². The van der Waals surface area contributed by atoms with Crippen molar-refractivity contribution in [3.8, 4) is 0 Å². The molecule has 2 amide bonds. The molecule has 1 aliphatic heterocycles. The number of carbonyl (C=O) groups excluding carboxylic acids is 2.